The normalized spacial score (nSPS) is 11.1. The van der Waals surface area contributed by atoms with Gasteiger partial charge in [0.2, 0.25) is 11.9 Å². The number of hydrogen-bond acceptors (Lipinski definition) is 9. The third-order valence-electron chi connectivity index (χ3n) is 3.15. The van der Waals surface area contributed by atoms with Crippen LogP contribution in [-0.2, 0) is 11.2 Å². The van der Waals surface area contributed by atoms with Crippen molar-refractivity contribution in [3.05, 3.63) is 11.6 Å². The Kier molecular flexibility index (Phi) is 2.80. The Morgan fingerprint density at radius 2 is 1.55 bits per heavy atom. The van der Waals surface area contributed by atoms with Crippen molar-refractivity contribution in [2.24, 2.45) is 0 Å². The fourth-order valence-corrected chi connectivity index (χ4v) is 2.34. The Morgan fingerprint density at radius 3 is 2.18 bits per heavy atom. The molecule has 22 heavy (non-hydrogen) atoms. The molecule has 0 atom stereocenters. The van der Waals surface area contributed by atoms with Crippen molar-refractivity contribution in [2.75, 3.05) is 22.9 Å². The summed E-state index contributed by atoms with van der Waals surface area (Å²) in [5.41, 5.74) is 24.0. The van der Waals surface area contributed by atoms with Gasteiger partial charge in [-0.3, -0.25) is 4.79 Å². The number of carboxylic acids is 1. The summed E-state index contributed by atoms with van der Waals surface area (Å²) in [4.78, 5) is 27.0. The molecule has 2 heterocycles. The maximum atomic E-state index is 11.1. The lowest BCUT2D eigenvalue weighted by atomic mass is 10.0. The molecule has 0 spiro atoms. The van der Waals surface area contributed by atoms with E-state index in [1.54, 1.807) is 6.07 Å². The van der Waals surface area contributed by atoms with Gasteiger partial charge in [0.1, 0.15) is 11.6 Å². The van der Waals surface area contributed by atoms with Gasteiger partial charge >= 0.3 is 5.97 Å². The molecule has 0 unspecified atom stereocenters. The molecule has 2 aromatic heterocycles. The largest absolute Gasteiger partial charge is 0.481 e. The fourth-order valence-electron chi connectivity index (χ4n) is 2.34. The molecule has 1 aromatic carbocycles. The number of nitrogens with two attached hydrogens (primary N) is 4. The quantitative estimate of drug-likeness (QED) is 0.386. The minimum atomic E-state index is -1.04. The van der Waals surface area contributed by atoms with E-state index in [0.29, 0.717) is 27.4 Å². The van der Waals surface area contributed by atoms with Crippen molar-refractivity contribution in [2.45, 2.75) is 6.42 Å². The average Bonchev–Trinajstić information content (AvgIpc) is 2.38. The molecule has 10 heteroatoms. The van der Waals surface area contributed by atoms with Gasteiger partial charge in [-0.1, -0.05) is 0 Å². The van der Waals surface area contributed by atoms with Crippen LogP contribution in [0, 0.1) is 0 Å². The number of aliphatic carboxylic acids is 1. The number of carbonyl (C=O) groups is 1. The van der Waals surface area contributed by atoms with Crippen molar-refractivity contribution >= 4 is 51.3 Å². The second-order valence-corrected chi connectivity index (χ2v) is 4.66. The van der Waals surface area contributed by atoms with Crippen LogP contribution in [-0.4, -0.2) is 31.0 Å². The number of anilines is 4. The first-order chi connectivity index (χ1) is 10.4. The molecule has 0 radical (unpaired) electrons. The molecule has 10 nitrogen and oxygen atoms in total. The number of fused-ring (bicyclic) bond motifs is 3. The molecule has 0 aliphatic carbocycles. The van der Waals surface area contributed by atoms with Crippen molar-refractivity contribution < 1.29 is 9.90 Å². The number of nitrogen functional groups attached to an aromatic ring is 4. The van der Waals surface area contributed by atoms with E-state index < -0.39 is 5.97 Å². The summed E-state index contributed by atoms with van der Waals surface area (Å²) in [6, 6.07) is 1.55. The fraction of sp³-hybridized carbons (Fsp3) is 0.0833. The third kappa shape index (κ3) is 2.02. The Morgan fingerprint density at radius 1 is 0.955 bits per heavy atom. The topological polar surface area (TPSA) is 193 Å². The Bertz CT molecular complexity index is 940. The molecule has 112 valence electrons. The molecule has 0 bridgehead atoms. The molecular weight excluding hydrogens is 288 g/mol. The van der Waals surface area contributed by atoms with E-state index in [4.69, 9.17) is 28.0 Å². The minimum Gasteiger partial charge on any atom is -0.481 e. The summed E-state index contributed by atoms with van der Waals surface area (Å²) in [6.45, 7) is 0. The van der Waals surface area contributed by atoms with Gasteiger partial charge < -0.3 is 28.0 Å². The van der Waals surface area contributed by atoms with Gasteiger partial charge in [-0.2, -0.15) is 9.97 Å². The van der Waals surface area contributed by atoms with Gasteiger partial charge in [0.15, 0.2) is 0 Å². The third-order valence-corrected chi connectivity index (χ3v) is 3.15. The van der Waals surface area contributed by atoms with Crippen LogP contribution < -0.4 is 22.9 Å². The lowest BCUT2D eigenvalue weighted by Gasteiger charge is -2.11. The lowest BCUT2D eigenvalue weighted by molar-refractivity contribution is -0.136. The number of hydrogen-bond donors (Lipinski definition) is 5. The highest BCUT2D eigenvalue weighted by Crippen LogP contribution is 2.32. The van der Waals surface area contributed by atoms with Crippen LogP contribution in [0.4, 0.5) is 23.5 Å². The first-order valence-electron chi connectivity index (χ1n) is 6.16. The Labute approximate surface area is 123 Å². The zero-order valence-corrected chi connectivity index (χ0v) is 11.2. The SMILES string of the molecule is Nc1nc(N)c2c(n1)c(CC(=O)O)cc1c(N)nc(N)nc12. The van der Waals surface area contributed by atoms with Gasteiger partial charge in [0, 0.05) is 5.39 Å². The maximum absolute atomic E-state index is 11.1. The van der Waals surface area contributed by atoms with E-state index in [1.807, 2.05) is 0 Å². The van der Waals surface area contributed by atoms with Crippen molar-refractivity contribution in [1.29, 1.82) is 0 Å². The summed E-state index contributed by atoms with van der Waals surface area (Å²) >= 11 is 0. The molecular formula is C12H12N8O2. The first kappa shape index (κ1) is 13.5. The van der Waals surface area contributed by atoms with Crippen molar-refractivity contribution in [1.82, 2.24) is 19.9 Å². The molecule has 0 fully saturated rings. The first-order valence-corrected chi connectivity index (χ1v) is 6.16. The van der Waals surface area contributed by atoms with Crippen LogP contribution in [0.2, 0.25) is 0 Å². The zero-order valence-electron chi connectivity index (χ0n) is 11.2. The molecule has 0 amide bonds. The highest BCUT2D eigenvalue weighted by Gasteiger charge is 2.18. The molecule has 0 saturated carbocycles. The van der Waals surface area contributed by atoms with E-state index in [9.17, 15) is 4.79 Å². The number of nitrogens with zero attached hydrogens (tertiary/aromatic N) is 4. The van der Waals surface area contributed by atoms with Crippen LogP contribution >= 0.6 is 0 Å². The van der Waals surface area contributed by atoms with Crippen LogP contribution in [0.25, 0.3) is 21.8 Å². The maximum Gasteiger partial charge on any atom is 0.307 e. The number of carboxylic acid groups (broad SMARTS) is 1. The standard InChI is InChI=1S/C12H12N8O2/c13-9-4-1-3(2-5(21)22)7-6(8(4)18-12(16)19-9)10(14)20-11(15)17-7/h1H,2H2,(H,21,22)(H4,13,16,18,19)(H4,14,15,17,20). The number of rotatable bonds is 2. The summed E-state index contributed by atoms with van der Waals surface area (Å²) in [5, 5.41) is 9.84. The summed E-state index contributed by atoms with van der Waals surface area (Å²) < 4.78 is 0. The smallest absolute Gasteiger partial charge is 0.307 e. The van der Waals surface area contributed by atoms with Crippen LogP contribution in [0.5, 0.6) is 0 Å². The summed E-state index contributed by atoms with van der Waals surface area (Å²) in [5.74, 6) is -0.949. The lowest BCUT2D eigenvalue weighted by Crippen LogP contribution is -2.08. The second kappa shape index (κ2) is 4.55. The zero-order chi connectivity index (χ0) is 16.0. The van der Waals surface area contributed by atoms with E-state index in [2.05, 4.69) is 19.9 Å². The molecule has 3 aromatic rings. The predicted molar refractivity (Wildman–Crippen MR) is 81.6 cm³/mol. The van der Waals surface area contributed by atoms with Gasteiger partial charge in [-0.05, 0) is 11.6 Å². The monoisotopic (exact) mass is 300 g/mol. The highest BCUT2D eigenvalue weighted by molar-refractivity contribution is 6.13. The number of aromatic nitrogens is 4. The summed E-state index contributed by atoms with van der Waals surface area (Å²) in [6.07, 6.45) is -0.286. The van der Waals surface area contributed by atoms with Crippen LogP contribution in [0.3, 0.4) is 0 Å². The average molecular weight is 300 g/mol. The van der Waals surface area contributed by atoms with Crippen LogP contribution in [0.15, 0.2) is 6.07 Å². The van der Waals surface area contributed by atoms with Crippen molar-refractivity contribution in [3.8, 4) is 0 Å². The van der Waals surface area contributed by atoms with E-state index in [-0.39, 0.29) is 30.0 Å². The Balaban J connectivity index is 2.56. The van der Waals surface area contributed by atoms with Gasteiger partial charge in [-0.25, -0.2) is 9.97 Å². The molecule has 3 rings (SSSR count). The minimum absolute atomic E-state index is 0.0338. The molecule has 0 aliphatic rings. The van der Waals surface area contributed by atoms with E-state index in [1.165, 1.54) is 0 Å². The second-order valence-electron chi connectivity index (χ2n) is 4.66. The van der Waals surface area contributed by atoms with Gasteiger partial charge in [-0.15, -0.1) is 0 Å². The highest BCUT2D eigenvalue weighted by atomic mass is 16.4. The van der Waals surface area contributed by atoms with Crippen molar-refractivity contribution in [3.63, 3.8) is 0 Å². The summed E-state index contributed by atoms with van der Waals surface area (Å²) in [7, 11) is 0. The van der Waals surface area contributed by atoms with E-state index in [0.717, 1.165) is 0 Å². The number of benzene rings is 1. The molecule has 0 aliphatic heterocycles. The van der Waals surface area contributed by atoms with Gasteiger partial charge in [0.25, 0.3) is 0 Å². The van der Waals surface area contributed by atoms with E-state index >= 15 is 0 Å². The van der Waals surface area contributed by atoms with Gasteiger partial charge in [0.05, 0.1) is 22.8 Å². The van der Waals surface area contributed by atoms with Crippen LogP contribution in [0.1, 0.15) is 5.56 Å². The Hall–Kier alpha value is -3.43. The molecule has 0 saturated heterocycles. The predicted octanol–water partition coefficient (Wildman–Crippen LogP) is -0.471. The molecule has 9 N–H and O–H groups in total.